The van der Waals surface area contributed by atoms with Gasteiger partial charge >= 0.3 is 0 Å². The summed E-state index contributed by atoms with van der Waals surface area (Å²) in [7, 11) is 0. The summed E-state index contributed by atoms with van der Waals surface area (Å²) >= 11 is 0. The maximum absolute atomic E-state index is 13.8. The molecule has 0 unspecified atom stereocenters. The molecule has 0 saturated heterocycles. The Bertz CT molecular complexity index is 833. The predicted octanol–water partition coefficient (Wildman–Crippen LogP) is 2.34. The van der Waals surface area contributed by atoms with Gasteiger partial charge in [-0.25, -0.2) is 19.3 Å². The Morgan fingerprint density at radius 2 is 1.91 bits per heavy atom. The molecule has 0 aliphatic rings. The molecule has 0 aromatic carbocycles. The van der Waals surface area contributed by atoms with E-state index >= 15 is 0 Å². The highest BCUT2D eigenvalue weighted by molar-refractivity contribution is 5.69. The van der Waals surface area contributed by atoms with Gasteiger partial charge in [0.15, 0.2) is 5.82 Å². The fraction of sp³-hybridized carbons (Fsp3) is 0.0667. The Kier molecular flexibility index (Phi) is 3.38. The summed E-state index contributed by atoms with van der Waals surface area (Å²) in [6, 6.07) is 6.11. The fourth-order valence-corrected chi connectivity index (χ4v) is 2.09. The van der Waals surface area contributed by atoms with E-state index in [4.69, 9.17) is 5.73 Å². The molecule has 3 rings (SSSR count). The molecule has 0 amide bonds. The molecule has 0 fully saturated rings. The lowest BCUT2D eigenvalue weighted by Gasteiger charge is -2.08. The minimum absolute atomic E-state index is 0.0734. The number of pyridine rings is 2. The zero-order valence-corrected chi connectivity index (χ0v) is 11.7. The molecular weight excluding hydrogens is 285 g/mol. The van der Waals surface area contributed by atoms with Crippen LogP contribution in [0.4, 0.5) is 10.3 Å². The van der Waals surface area contributed by atoms with E-state index in [1.165, 1.54) is 24.4 Å². The molecule has 0 bridgehead atoms. The van der Waals surface area contributed by atoms with Crippen LogP contribution < -0.4 is 5.73 Å². The van der Waals surface area contributed by atoms with E-state index < -0.39 is 5.82 Å². The van der Waals surface area contributed by atoms with Gasteiger partial charge in [-0.15, -0.1) is 0 Å². The lowest BCUT2D eigenvalue weighted by Crippen LogP contribution is -2.00. The Balaban J connectivity index is 2.17. The van der Waals surface area contributed by atoms with Crippen LogP contribution in [0.5, 0.6) is 5.75 Å². The van der Waals surface area contributed by atoms with Crippen molar-refractivity contribution in [2.75, 3.05) is 5.73 Å². The highest BCUT2D eigenvalue weighted by Crippen LogP contribution is 2.30. The van der Waals surface area contributed by atoms with Crippen LogP contribution in [0, 0.1) is 12.7 Å². The number of hydrogen-bond donors (Lipinski definition) is 2. The number of hydrogen-bond acceptors (Lipinski definition) is 6. The van der Waals surface area contributed by atoms with Crippen molar-refractivity contribution < 1.29 is 9.50 Å². The van der Waals surface area contributed by atoms with Gasteiger partial charge in [-0.2, -0.15) is 0 Å². The van der Waals surface area contributed by atoms with Crippen molar-refractivity contribution in [1.29, 1.82) is 0 Å². The van der Waals surface area contributed by atoms with Gasteiger partial charge in [0.1, 0.15) is 11.4 Å². The van der Waals surface area contributed by atoms with E-state index in [0.717, 1.165) is 6.20 Å². The first kappa shape index (κ1) is 13.9. The number of aryl methyl sites for hydroxylation is 1. The highest BCUT2D eigenvalue weighted by Gasteiger charge is 2.13. The number of rotatable bonds is 2. The zero-order chi connectivity index (χ0) is 15.7. The molecule has 3 heterocycles. The number of halogens is 1. The van der Waals surface area contributed by atoms with Gasteiger partial charge < -0.3 is 10.8 Å². The van der Waals surface area contributed by atoms with Gasteiger partial charge in [-0.05, 0) is 31.2 Å². The third-order valence-corrected chi connectivity index (χ3v) is 3.04. The number of aromatic nitrogens is 4. The smallest absolute Gasteiger partial charge is 0.220 e. The second-order valence-electron chi connectivity index (χ2n) is 4.67. The average Bonchev–Trinajstić information content (AvgIpc) is 2.47. The lowest BCUT2D eigenvalue weighted by atomic mass is 10.1. The number of nitrogens with zero attached hydrogens (tertiary/aromatic N) is 4. The minimum atomic E-state index is -0.495. The van der Waals surface area contributed by atoms with Crippen molar-refractivity contribution in [2.24, 2.45) is 0 Å². The molecule has 0 aliphatic heterocycles. The molecule has 110 valence electrons. The van der Waals surface area contributed by atoms with Crippen LogP contribution in [-0.2, 0) is 0 Å². The van der Waals surface area contributed by atoms with Crippen molar-refractivity contribution in [1.82, 2.24) is 19.9 Å². The van der Waals surface area contributed by atoms with E-state index in [0.29, 0.717) is 17.1 Å². The summed E-state index contributed by atoms with van der Waals surface area (Å²) in [5.41, 5.74) is 7.50. The quantitative estimate of drug-likeness (QED) is 0.753. The molecule has 22 heavy (non-hydrogen) atoms. The van der Waals surface area contributed by atoms with E-state index in [9.17, 15) is 9.50 Å². The third kappa shape index (κ3) is 2.56. The standard InChI is InChI=1S/C15H12FN5O/c1-8-6-12(21-15(17)19-8)14-13(22)3-2-11(20-14)9-4-5-18-7-10(9)16/h2-7,22H,1H3,(H2,17,19,21). The van der Waals surface area contributed by atoms with E-state index in [1.54, 1.807) is 13.0 Å². The highest BCUT2D eigenvalue weighted by atomic mass is 19.1. The first-order chi connectivity index (χ1) is 10.5. The molecule has 7 heteroatoms. The van der Waals surface area contributed by atoms with Gasteiger partial charge in [0.05, 0.1) is 17.6 Å². The van der Waals surface area contributed by atoms with Crippen LogP contribution >= 0.6 is 0 Å². The first-order valence-corrected chi connectivity index (χ1v) is 6.46. The molecule has 0 atom stereocenters. The number of aromatic hydroxyl groups is 1. The van der Waals surface area contributed by atoms with Gasteiger partial charge in [0.25, 0.3) is 0 Å². The Labute approximate surface area is 125 Å². The van der Waals surface area contributed by atoms with Crippen LogP contribution in [-0.4, -0.2) is 25.0 Å². The van der Waals surface area contributed by atoms with E-state index in [1.807, 2.05) is 0 Å². The molecule has 0 spiro atoms. The molecule has 3 aromatic heterocycles. The van der Waals surface area contributed by atoms with Crippen molar-refractivity contribution in [2.45, 2.75) is 6.92 Å². The largest absolute Gasteiger partial charge is 0.506 e. The summed E-state index contributed by atoms with van der Waals surface area (Å²) in [5, 5.41) is 10.0. The SMILES string of the molecule is Cc1cc(-c2nc(-c3ccncc3F)ccc2O)nc(N)n1. The Morgan fingerprint density at radius 3 is 2.64 bits per heavy atom. The van der Waals surface area contributed by atoms with Crippen LogP contribution in [0.2, 0.25) is 0 Å². The maximum Gasteiger partial charge on any atom is 0.220 e. The van der Waals surface area contributed by atoms with Crippen molar-refractivity contribution in [3.05, 3.63) is 48.2 Å². The van der Waals surface area contributed by atoms with E-state index in [-0.39, 0.29) is 23.0 Å². The molecule has 3 N–H and O–H groups in total. The topological polar surface area (TPSA) is 97.8 Å². The van der Waals surface area contributed by atoms with Gasteiger partial charge in [-0.1, -0.05) is 0 Å². The van der Waals surface area contributed by atoms with Crippen molar-refractivity contribution in [3.63, 3.8) is 0 Å². The molecule has 0 aliphatic carbocycles. The monoisotopic (exact) mass is 297 g/mol. The van der Waals surface area contributed by atoms with Crippen molar-refractivity contribution in [3.8, 4) is 28.4 Å². The van der Waals surface area contributed by atoms with Gasteiger partial charge in [0.2, 0.25) is 5.95 Å². The number of nitrogens with two attached hydrogens (primary N) is 1. The summed E-state index contributed by atoms with van der Waals surface area (Å²) in [6.45, 7) is 1.75. The zero-order valence-electron chi connectivity index (χ0n) is 11.7. The molecular formula is C15H12FN5O. The molecule has 0 saturated carbocycles. The van der Waals surface area contributed by atoms with Gasteiger partial charge in [0, 0.05) is 17.5 Å². The summed E-state index contributed by atoms with van der Waals surface area (Å²) in [6.07, 6.45) is 2.58. The predicted molar refractivity (Wildman–Crippen MR) is 79.3 cm³/mol. The van der Waals surface area contributed by atoms with Crippen LogP contribution in [0.25, 0.3) is 22.6 Å². The third-order valence-electron chi connectivity index (χ3n) is 3.04. The second-order valence-corrected chi connectivity index (χ2v) is 4.67. The minimum Gasteiger partial charge on any atom is -0.506 e. The lowest BCUT2D eigenvalue weighted by molar-refractivity contribution is 0.475. The fourth-order valence-electron chi connectivity index (χ4n) is 2.09. The number of nitrogen functional groups attached to an aromatic ring is 1. The summed E-state index contributed by atoms with van der Waals surface area (Å²) in [4.78, 5) is 16.0. The van der Waals surface area contributed by atoms with Gasteiger partial charge in [-0.3, -0.25) is 4.98 Å². The van der Waals surface area contributed by atoms with Crippen LogP contribution in [0.1, 0.15) is 5.69 Å². The van der Waals surface area contributed by atoms with Crippen molar-refractivity contribution >= 4 is 5.95 Å². The molecule has 6 nitrogen and oxygen atoms in total. The summed E-state index contributed by atoms with van der Waals surface area (Å²) in [5.74, 6) is -0.488. The van der Waals surface area contributed by atoms with Crippen LogP contribution in [0.15, 0.2) is 36.7 Å². The number of anilines is 1. The van der Waals surface area contributed by atoms with E-state index in [2.05, 4.69) is 19.9 Å². The first-order valence-electron chi connectivity index (χ1n) is 6.46. The maximum atomic E-state index is 13.8. The Hall–Kier alpha value is -3.09. The van der Waals surface area contributed by atoms with Crippen LogP contribution in [0.3, 0.4) is 0 Å². The molecule has 0 radical (unpaired) electrons. The molecule has 3 aromatic rings. The normalized spacial score (nSPS) is 10.6. The summed E-state index contributed by atoms with van der Waals surface area (Å²) < 4.78 is 13.8. The Morgan fingerprint density at radius 1 is 1.09 bits per heavy atom. The second kappa shape index (κ2) is 5.36. The average molecular weight is 297 g/mol.